The molecule has 1 heterocycles. The summed E-state index contributed by atoms with van der Waals surface area (Å²) < 4.78 is 4.97. The molecule has 1 N–H and O–H groups in total. The van der Waals surface area contributed by atoms with Gasteiger partial charge in [0.05, 0.1) is 22.5 Å². The quantitative estimate of drug-likeness (QED) is 0.500. The number of ketones is 1. The van der Waals surface area contributed by atoms with E-state index in [0.717, 1.165) is 0 Å². The molecule has 0 unspecified atom stereocenters. The number of hydrogen-bond acceptors (Lipinski definition) is 5. The molecule has 0 atom stereocenters. The standard InChI is InChI=1S/C19H14Cl2N2O4/c20-11-5-6-12(13(21)9-11)17(24)10-27-18(25)8-7-16-19(26)23-15-4-2-1-3-14(15)22-16/h1-6,9H,7-8,10H2,(H,23,26). The second-order valence-corrected chi connectivity index (χ2v) is 6.58. The second-order valence-electron chi connectivity index (χ2n) is 5.74. The van der Waals surface area contributed by atoms with E-state index in [2.05, 4.69) is 9.97 Å². The van der Waals surface area contributed by atoms with Crippen molar-refractivity contribution in [1.82, 2.24) is 9.97 Å². The van der Waals surface area contributed by atoms with Crippen molar-refractivity contribution < 1.29 is 14.3 Å². The second kappa shape index (κ2) is 8.33. The molecule has 138 valence electrons. The third-order valence-electron chi connectivity index (χ3n) is 3.83. The van der Waals surface area contributed by atoms with Crippen molar-refractivity contribution in [2.24, 2.45) is 0 Å². The van der Waals surface area contributed by atoms with Crippen molar-refractivity contribution in [2.45, 2.75) is 12.8 Å². The number of nitrogens with zero attached hydrogens (tertiary/aromatic N) is 1. The molecule has 0 aliphatic rings. The Morgan fingerprint density at radius 3 is 2.67 bits per heavy atom. The van der Waals surface area contributed by atoms with Gasteiger partial charge >= 0.3 is 5.97 Å². The third-order valence-corrected chi connectivity index (χ3v) is 4.38. The molecular formula is C19H14Cl2N2O4. The number of ether oxygens (including phenoxy) is 1. The zero-order valence-corrected chi connectivity index (χ0v) is 15.5. The van der Waals surface area contributed by atoms with Crippen molar-refractivity contribution >= 4 is 46.0 Å². The van der Waals surface area contributed by atoms with Gasteiger partial charge in [-0.3, -0.25) is 14.4 Å². The van der Waals surface area contributed by atoms with Crippen LogP contribution in [-0.2, 0) is 16.0 Å². The molecule has 6 nitrogen and oxygen atoms in total. The van der Waals surface area contributed by atoms with E-state index in [0.29, 0.717) is 16.1 Å². The number of fused-ring (bicyclic) bond motifs is 1. The van der Waals surface area contributed by atoms with Gasteiger partial charge in [0, 0.05) is 17.0 Å². The topological polar surface area (TPSA) is 89.1 Å². The van der Waals surface area contributed by atoms with Gasteiger partial charge in [-0.2, -0.15) is 0 Å². The van der Waals surface area contributed by atoms with Crippen LogP contribution in [0.1, 0.15) is 22.5 Å². The molecule has 3 aromatic rings. The summed E-state index contributed by atoms with van der Waals surface area (Å²) in [7, 11) is 0. The van der Waals surface area contributed by atoms with Gasteiger partial charge in [-0.25, -0.2) is 4.98 Å². The first-order valence-electron chi connectivity index (χ1n) is 8.06. The summed E-state index contributed by atoms with van der Waals surface area (Å²) in [5.41, 5.74) is 1.36. The van der Waals surface area contributed by atoms with E-state index in [1.165, 1.54) is 18.2 Å². The maximum atomic E-state index is 12.1. The maximum Gasteiger partial charge on any atom is 0.306 e. The maximum absolute atomic E-state index is 12.1. The average molecular weight is 405 g/mol. The van der Waals surface area contributed by atoms with E-state index < -0.39 is 18.4 Å². The van der Waals surface area contributed by atoms with Gasteiger partial charge in [-0.15, -0.1) is 0 Å². The molecule has 1 aromatic heterocycles. The first-order chi connectivity index (χ1) is 12.9. The number of carbonyl (C=O) groups excluding carboxylic acids is 2. The fourth-order valence-electron chi connectivity index (χ4n) is 2.47. The number of aromatic nitrogens is 2. The molecule has 0 fully saturated rings. The van der Waals surface area contributed by atoms with Crippen molar-refractivity contribution in [3.63, 3.8) is 0 Å². The molecule has 0 saturated carbocycles. The predicted octanol–water partition coefficient (Wildman–Crippen LogP) is 3.59. The summed E-state index contributed by atoms with van der Waals surface area (Å²) in [6.07, 6.45) is 0.0327. The Morgan fingerprint density at radius 1 is 1.11 bits per heavy atom. The first kappa shape index (κ1) is 19.1. The summed E-state index contributed by atoms with van der Waals surface area (Å²) >= 11 is 11.7. The first-order valence-corrected chi connectivity index (χ1v) is 8.81. The lowest BCUT2D eigenvalue weighted by atomic mass is 10.1. The predicted molar refractivity (Wildman–Crippen MR) is 102 cm³/mol. The lowest BCUT2D eigenvalue weighted by molar-refractivity contribution is -0.142. The highest BCUT2D eigenvalue weighted by atomic mass is 35.5. The number of aromatic amines is 1. The van der Waals surface area contributed by atoms with Gasteiger partial charge in [-0.05, 0) is 30.3 Å². The van der Waals surface area contributed by atoms with Crippen LogP contribution in [0.5, 0.6) is 0 Å². The van der Waals surface area contributed by atoms with E-state index in [9.17, 15) is 14.4 Å². The summed E-state index contributed by atoms with van der Waals surface area (Å²) in [6.45, 7) is -0.443. The van der Waals surface area contributed by atoms with Gasteiger partial charge in [-0.1, -0.05) is 35.3 Å². The number of hydrogen-bond donors (Lipinski definition) is 1. The van der Waals surface area contributed by atoms with E-state index in [4.69, 9.17) is 27.9 Å². The molecule has 8 heteroatoms. The van der Waals surface area contributed by atoms with Crippen molar-refractivity contribution in [3.8, 4) is 0 Å². The molecule has 0 aliphatic carbocycles. The molecule has 0 saturated heterocycles. The summed E-state index contributed by atoms with van der Waals surface area (Å²) in [5, 5.41) is 0.595. The van der Waals surface area contributed by atoms with Crippen LogP contribution in [0.4, 0.5) is 0 Å². The van der Waals surface area contributed by atoms with Gasteiger partial charge in [0.15, 0.2) is 6.61 Å². The van der Waals surface area contributed by atoms with Crippen LogP contribution in [-0.4, -0.2) is 28.3 Å². The lowest BCUT2D eigenvalue weighted by Crippen LogP contribution is -2.19. The van der Waals surface area contributed by atoms with E-state index in [1.54, 1.807) is 24.3 Å². The minimum Gasteiger partial charge on any atom is -0.457 e. The van der Waals surface area contributed by atoms with Crippen molar-refractivity contribution in [3.05, 3.63) is 74.1 Å². The Hall–Kier alpha value is -2.70. The SMILES string of the molecule is O=C(CCc1nc2ccccc2[nH]c1=O)OCC(=O)c1ccc(Cl)cc1Cl. The Labute approximate surface area is 164 Å². The number of benzene rings is 2. The Morgan fingerprint density at radius 2 is 1.89 bits per heavy atom. The van der Waals surface area contributed by atoms with Crippen LogP contribution >= 0.6 is 23.2 Å². The molecule has 2 aromatic carbocycles. The average Bonchev–Trinajstić information content (AvgIpc) is 2.64. The highest BCUT2D eigenvalue weighted by Crippen LogP contribution is 2.21. The van der Waals surface area contributed by atoms with Gasteiger partial charge in [0.25, 0.3) is 5.56 Å². The molecule has 0 spiro atoms. The van der Waals surface area contributed by atoms with Crippen molar-refractivity contribution in [1.29, 1.82) is 0 Å². The number of H-pyrrole nitrogens is 1. The van der Waals surface area contributed by atoms with E-state index in [1.807, 2.05) is 0 Å². The molecule has 0 aliphatic heterocycles. The number of aryl methyl sites for hydroxylation is 1. The minimum atomic E-state index is -0.609. The smallest absolute Gasteiger partial charge is 0.306 e. The van der Waals surface area contributed by atoms with Crippen LogP contribution < -0.4 is 5.56 Å². The largest absolute Gasteiger partial charge is 0.457 e. The molecule has 27 heavy (non-hydrogen) atoms. The zero-order valence-electron chi connectivity index (χ0n) is 14.0. The van der Waals surface area contributed by atoms with Crippen LogP contribution in [0, 0.1) is 0 Å². The van der Waals surface area contributed by atoms with Crippen molar-refractivity contribution in [2.75, 3.05) is 6.61 Å². The number of para-hydroxylation sites is 2. The number of Topliss-reactive ketones (excluding diaryl/α,β-unsaturated/α-hetero) is 1. The third kappa shape index (κ3) is 4.72. The normalized spacial score (nSPS) is 10.7. The molecule has 3 rings (SSSR count). The minimum absolute atomic E-state index is 0.0734. The summed E-state index contributed by atoms with van der Waals surface area (Å²) in [6, 6.07) is 11.5. The Balaban J connectivity index is 1.58. The fraction of sp³-hybridized carbons (Fsp3) is 0.158. The van der Waals surface area contributed by atoms with Crippen LogP contribution in [0.3, 0.4) is 0 Å². The summed E-state index contributed by atoms with van der Waals surface area (Å²) in [4.78, 5) is 43.0. The van der Waals surface area contributed by atoms with E-state index in [-0.39, 0.29) is 34.7 Å². The Kier molecular flexibility index (Phi) is 5.88. The number of esters is 1. The molecule has 0 radical (unpaired) electrons. The number of nitrogens with one attached hydrogen (secondary N) is 1. The van der Waals surface area contributed by atoms with Crippen LogP contribution in [0.25, 0.3) is 11.0 Å². The van der Waals surface area contributed by atoms with Gasteiger partial charge in [0.1, 0.15) is 5.69 Å². The van der Waals surface area contributed by atoms with E-state index >= 15 is 0 Å². The number of carbonyl (C=O) groups is 2. The lowest BCUT2D eigenvalue weighted by Gasteiger charge is -2.06. The molecular weight excluding hydrogens is 391 g/mol. The van der Waals surface area contributed by atoms with Crippen LogP contribution in [0.15, 0.2) is 47.3 Å². The number of rotatable bonds is 6. The summed E-state index contributed by atoms with van der Waals surface area (Å²) in [5.74, 6) is -1.05. The fourth-order valence-corrected chi connectivity index (χ4v) is 2.98. The monoisotopic (exact) mass is 404 g/mol. The van der Waals surface area contributed by atoms with Gasteiger partial charge in [0.2, 0.25) is 5.78 Å². The highest BCUT2D eigenvalue weighted by molar-refractivity contribution is 6.36. The molecule has 0 amide bonds. The van der Waals surface area contributed by atoms with Crippen LogP contribution in [0.2, 0.25) is 10.0 Å². The Bertz CT molecular complexity index is 1080. The number of halogens is 2. The van der Waals surface area contributed by atoms with Gasteiger partial charge < -0.3 is 9.72 Å². The highest BCUT2D eigenvalue weighted by Gasteiger charge is 2.14. The zero-order chi connectivity index (χ0) is 19.4. The molecule has 0 bridgehead atoms.